The zero-order chi connectivity index (χ0) is 16.7. The van der Waals surface area contributed by atoms with Gasteiger partial charge in [0.05, 0.1) is 11.3 Å². The van der Waals surface area contributed by atoms with E-state index in [-0.39, 0.29) is 11.6 Å². The topological polar surface area (TPSA) is 49.8 Å². The molecule has 124 valence electrons. The smallest absolute Gasteiger partial charge is 0.370 e. The molecule has 0 aliphatic carbocycles. The highest BCUT2D eigenvalue weighted by molar-refractivity contribution is 5.60. The lowest BCUT2D eigenvalue weighted by Gasteiger charge is -2.13. The molecule has 23 heavy (non-hydrogen) atoms. The van der Waals surface area contributed by atoms with Gasteiger partial charge in [-0.15, -0.1) is 0 Å². The number of alkyl halides is 3. The van der Waals surface area contributed by atoms with Crippen molar-refractivity contribution >= 4 is 17.5 Å². The average Bonchev–Trinajstić information content (AvgIpc) is 2.51. The monoisotopic (exact) mass is 324 g/mol. The third kappa shape index (κ3) is 5.12. The van der Waals surface area contributed by atoms with Crippen LogP contribution in [0.4, 0.5) is 30.6 Å². The molecule has 1 heterocycles. The van der Waals surface area contributed by atoms with Crippen molar-refractivity contribution in [3.63, 3.8) is 0 Å². The summed E-state index contributed by atoms with van der Waals surface area (Å²) in [6.07, 6.45) is 0.322. The standard InChI is InChI=1S/C16H19F3N4/c1-2-3-6-10-20-14-9-11-21-15(23-14)22-13-8-5-4-7-12(13)16(17,18)19/h4-5,7-9,11H,2-3,6,10H2,1H3,(H2,20,21,22,23). The summed E-state index contributed by atoms with van der Waals surface area (Å²) in [4.78, 5) is 8.16. The van der Waals surface area contributed by atoms with Gasteiger partial charge in [-0.2, -0.15) is 18.2 Å². The van der Waals surface area contributed by atoms with E-state index in [1.807, 2.05) is 0 Å². The molecule has 7 heteroatoms. The van der Waals surface area contributed by atoms with Crippen molar-refractivity contribution in [3.8, 4) is 0 Å². The minimum absolute atomic E-state index is 0.0665. The van der Waals surface area contributed by atoms with Crippen LogP contribution in [0.1, 0.15) is 31.7 Å². The van der Waals surface area contributed by atoms with Crippen molar-refractivity contribution in [1.82, 2.24) is 9.97 Å². The van der Waals surface area contributed by atoms with E-state index in [0.29, 0.717) is 5.82 Å². The van der Waals surface area contributed by atoms with E-state index >= 15 is 0 Å². The molecule has 0 aliphatic heterocycles. The molecule has 2 aromatic rings. The van der Waals surface area contributed by atoms with Gasteiger partial charge in [0.2, 0.25) is 5.95 Å². The lowest BCUT2D eigenvalue weighted by Crippen LogP contribution is -2.10. The molecule has 0 saturated carbocycles. The van der Waals surface area contributed by atoms with Crippen molar-refractivity contribution in [1.29, 1.82) is 0 Å². The van der Waals surface area contributed by atoms with Gasteiger partial charge in [0.1, 0.15) is 5.82 Å². The molecular formula is C16H19F3N4. The molecule has 1 aromatic carbocycles. The summed E-state index contributed by atoms with van der Waals surface area (Å²) in [5.74, 6) is 0.713. The number of unbranched alkanes of at least 4 members (excludes halogenated alkanes) is 2. The number of halogens is 3. The summed E-state index contributed by atoms with van der Waals surface area (Å²) in [7, 11) is 0. The molecule has 2 N–H and O–H groups in total. The molecule has 0 radical (unpaired) electrons. The molecule has 1 aromatic heterocycles. The Morgan fingerprint density at radius 1 is 1.09 bits per heavy atom. The van der Waals surface area contributed by atoms with Gasteiger partial charge in [0, 0.05) is 12.7 Å². The fourth-order valence-electron chi connectivity index (χ4n) is 2.07. The third-order valence-electron chi connectivity index (χ3n) is 3.22. The number of nitrogens with one attached hydrogen (secondary N) is 2. The largest absolute Gasteiger partial charge is 0.418 e. The fraction of sp³-hybridized carbons (Fsp3) is 0.375. The number of hydrogen-bond donors (Lipinski definition) is 2. The van der Waals surface area contributed by atoms with Gasteiger partial charge < -0.3 is 10.6 Å². The number of para-hydroxylation sites is 1. The van der Waals surface area contributed by atoms with E-state index in [9.17, 15) is 13.2 Å². The fourth-order valence-corrected chi connectivity index (χ4v) is 2.07. The zero-order valence-electron chi connectivity index (χ0n) is 12.8. The van der Waals surface area contributed by atoms with Crippen LogP contribution in [0.25, 0.3) is 0 Å². The zero-order valence-corrected chi connectivity index (χ0v) is 12.8. The molecule has 4 nitrogen and oxygen atoms in total. The third-order valence-corrected chi connectivity index (χ3v) is 3.22. The second-order valence-corrected chi connectivity index (χ2v) is 5.07. The molecule has 0 unspecified atom stereocenters. The van der Waals surface area contributed by atoms with Crippen molar-refractivity contribution in [3.05, 3.63) is 42.1 Å². The van der Waals surface area contributed by atoms with E-state index < -0.39 is 11.7 Å². The van der Waals surface area contributed by atoms with Gasteiger partial charge in [-0.1, -0.05) is 31.9 Å². The SMILES string of the molecule is CCCCCNc1ccnc(Nc2ccccc2C(F)(F)F)n1. The van der Waals surface area contributed by atoms with Crippen molar-refractivity contribution < 1.29 is 13.2 Å². The van der Waals surface area contributed by atoms with Crippen LogP contribution in [0.15, 0.2) is 36.5 Å². The van der Waals surface area contributed by atoms with E-state index in [0.717, 1.165) is 31.9 Å². The Labute approximate surface area is 133 Å². The molecule has 0 saturated heterocycles. The summed E-state index contributed by atoms with van der Waals surface area (Å²) in [5.41, 5.74) is -0.812. The van der Waals surface area contributed by atoms with E-state index in [4.69, 9.17) is 0 Å². The highest BCUT2D eigenvalue weighted by Crippen LogP contribution is 2.35. The number of nitrogens with zero attached hydrogens (tertiary/aromatic N) is 2. The Balaban J connectivity index is 2.09. The van der Waals surface area contributed by atoms with Gasteiger partial charge in [0.25, 0.3) is 0 Å². The van der Waals surface area contributed by atoms with Crippen LogP contribution < -0.4 is 10.6 Å². The number of hydrogen-bond acceptors (Lipinski definition) is 4. The van der Waals surface area contributed by atoms with Gasteiger partial charge in [0.15, 0.2) is 0 Å². The van der Waals surface area contributed by atoms with E-state index in [1.54, 1.807) is 6.07 Å². The Bertz CT molecular complexity index is 629. The van der Waals surface area contributed by atoms with Crippen LogP contribution in [-0.2, 0) is 6.18 Å². The highest BCUT2D eigenvalue weighted by atomic mass is 19.4. The molecule has 0 spiro atoms. The Morgan fingerprint density at radius 3 is 2.61 bits per heavy atom. The van der Waals surface area contributed by atoms with Crippen LogP contribution >= 0.6 is 0 Å². The van der Waals surface area contributed by atoms with Gasteiger partial charge in [-0.05, 0) is 24.6 Å². The Morgan fingerprint density at radius 2 is 1.87 bits per heavy atom. The molecular weight excluding hydrogens is 305 g/mol. The summed E-state index contributed by atoms with van der Waals surface area (Å²) in [6, 6.07) is 6.94. The lowest BCUT2D eigenvalue weighted by molar-refractivity contribution is -0.136. The number of benzene rings is 1. The highest BCUT2D eigenvalue weighted by Gasteiger charge is 2.33. The summed E-state index contributed by atoms with van der Waals surface area (Å²) in [6.45, 7) is 2.88. The molecule has 0 atom stereocenters. The summed E-state index contributed by atoms with van der Waals surface area (Å²) >= 11 is 0. The first-order chi connectivity index (χ1) is 11.0. The first-order valence-corrected chi connectivity index (χ1v) is 7.51. The predicted molar refractivity (Wildman–Crippen MR) is 84.8 cm³/mol. The second kappa shape index (κ2) is 7.80. The molecule has 0 amide bonds. The molecule has 0 fully saturated rings. The number of aromatic nitrogens is 2. The Kier molecular flexibility index (Phi) is 5.78. The molecule has 0 aliphatic rings. The van der Waals surface area contributed by atoms with E-state index in [1.165, 1.54) is 24.4 Å². The number of rotatable bonds is 7. The number of anilines is 3. The van der Waals surface area contributed by atoms with Crippen LogP contribution in [-0.4, -0.2) is 16.5 Å². The summed E-state index contributed by atoms with van der Waals surface area (Å²) < 4.78 is 38.9. The lowest BCUT2D eigenvalue weighted by atomic mass is 10.1. The quantitative estimate of drug-likeness (QED) is 0.716. The van der Waals surface area contributed by atoms with Crippen LogP contribution in [0.5, 0.6) is 0 Å². The Hall–Kier alpha value is -2.31. The van der Waals surface area contributed by atoms with Crippen molar-refractivity contribution in [2.45, 2.75) is 32.4 Å². The minimum atomic E-state index is -4.43. The normalized spacial score (nSPS) is 11.3. The maximum Gasteiger partial charge on any atom is 0.418 e. The molecule has 0 bridgehead atoms. The van der Waals surface area contributed by atoms with Crippen molar-refractivity contribution in [2.24, 2.45) is 0 Å². The van der Waals surface area contributed by atoms with Gasteiger partial charge in [-0.25, -0.2) is 4.98 Å². The van der Waals surface area contributed by atoms with Crippen molar-refractivity contribution in [2.75, 3.05) is 17.2 Å². The minimum Gasteiger partial charge on any atom is -0.370 e. The predicted octanol–water partition coefficient (Wildman–Crippen LogP) is 4.84. The van der Waals surface area contributed by atoms with Crippen LogP contribution in [0, 0.1) is 0 Å². The average molecular weight is 324 g/mol. The molecule has 2 rings (SSSR count). The van der Waals surface area contributed by atoms with Gasteiger partial charge in [-0.3, -0.25) is 0 Å². The van der Waals surface area contributed by atoms with Crippen LogP contribution in [0.2, 0.25) is 0 Å². The maximum absolute atomic E-state index is 13.0. The first kappa shape index (κ1) is 17.1. The first-order valence-electron chi connectivity index (χ1n) is 7.51. The summed E-state index contributed by atoms with van der Waals surface area (Å²) in [5, 5.41) is 5.78. The second-order valence-electron chi connectivity index (χ2n) is 5.07. The maximum atomic E-state index is 13.0. The van der Waals surface area contributed by atoms with Gasteiger partial charge >= 0.3 is 6.18 Å². The van der Waals surface area contributed by atoms with E-state index in [2.05, 4.69) is 27.5 Å². The van der Waals surface area contributed by atoms with Crippen LogP contribution in [0.3, 0.4) is 0 Å².